The maximum Gasteiger partial charge on any atom is 0.244 e. The maximum atomic E-state index is 13.5. The summed E-state index contributed by atoms with van der Waals surface area (Å²) in [5.41, 5.74) is 2.29. The second-order valence-electron chi connectivity index (χ2n) is 8.35. The normalized spacial score (nSPS) is 15.3. The predicted molar refractivity (Wildman–Crippen MR) is 128 cm³/mol. The summed E-state index contributed by atoms with van der Waals surface area (Å²) in [6.07, 6.45) is 4.76. The molecule has 0 saturated carbocycles. The molecule has 0 atom stereocenters. The molecular formula is C26H29N3O3S. The van der Waals surface area contributed by atoms with Crippen molar-refractivity contribution in [3.63, 3.8) is 0 Å². The number of pyridine rings is 1. The smallest absolute Gasteiger partial charge is 0.244 e. The standard InChI is InChI=1S/C26H29N3O3S/c30-26(24-14-18-29(19-15-24)33(31,32)25-12-7-16-27-20-25)28(21-23-10-5-2-6-11-23)17-13-22-8-3-1-4-9-22/h1-12,16,20,24H,13-15,17-19,21H2. The average molecular weight is 464 g/mol. The van der Waals surface area contributed by atoms with Gasteiger partial charge in [0.25, 0.3) is 0 Å². The summed E-state index contributed by atoms with van der Waals surface area (Å²) in [6.45, 7) is 1.86. The van der Waals surface area contributed by atoms with E-state index in [0.29, 0.717) is 39.0 Å². The molecule has 3 aromatic rings. The quantitative estimate of drug-likeness (QED) is 0.510. The van der Waals surface area contributed by atoms with E-state index in [1.165, 1.54) is 16.1 Å². The van der Waals surface area contributed by atoms with Crippen molar-refractivity contribution in [1.29, 1.82) is 0 Å². The van der Waals surface area contributed by atoms with Crippen LogP contribution in [0.4, 0.5) is 0 Å². The molecule has 7 heteroatoms. The molecule has 1 aliphatic rings. The van der Waals surface area contributed by atoms with Gasteiger partial charge in [0.15, 0.2) is 0 Å². The van der Waals surface area contributed by atoms with Gasteiger partial charge in [0, 0.05) is 44.5 Å². The Labute approximate surface area is 195 Å². The van der Waals surface area contributed by atoms with Gasteiger partial charge in [0.2, 0.25) is 15.9 Å². The molecule has 1 aromatic heterocycles. The molecule has 172 valence electrons. The van der Waals surface area contributed by atoms with Crippen LogP contribution < -0.4 is 0 Å². The summed E-state index contributed by atoms with van der Waals surface area (Å²) < 4.78 is 27.2. The van der Waals surface area contributed by atoms with Crippen LogP contribution in [-0.2, 0) is 27.8 Å². The van der Waals surface area contributed by atoms with Crippen LogP contribution in [0.2, 0.25) is 0 Å². The predicted octanol–water partition coefficient (Wildman–Crippen LogP) is 3.75. The molecule has 0 aliphatic carbocycles. The number of rotatable bonds is 8. The van der Waals surface area contributed by atoms with E-state index in [-0.39, 0.29) is 16.7 Å². The summed E-state index contributed by atoms with van der Waals surface area (Å²) in [7, 11) is -3.58. The SMILES string of the molecule is O=C(C1CCN(S(=O)(=O)c2cccnc2)CC1)N(CCc1ccccc1)Cc1ccccc1. The van der Waals surface area contributed by atoms with Gasteiger partial charge in [0.1, 0.15) is 4.90 Å². The Morgan fingerprint density at radius 3 is 2.15 bits per heavy atom. The van der Waals surface area contributed by atoms with Crippen LogP contribution in [0.15, 0.2) is 90.1 Å². The molecule has 1 amide bonds. The summed E-state index contributed by atoms with van der Waals surface area (Å²) in [5, 5.41) is 0. The number of amides is 1. The van der Waals surface area contributed by atoms with E-state index in [4.69, 9.17) is 0 Å². The first-order chi connectivity index (χ1) is 16.0. The lowest BCUT2D eigenvalue weighted by Gasteiger charge is -2.34. The number of carbonyl (C=O) groups excluding carboxylic acids is 1. The Kier molecular flexibility index (Phi) is 7.52. The molecule has 33 heavy (non-hydrogen) atoms. The summed E-state index contributed by atoms with van der Waals surface area (Å²) >= 11 is 0. The zero-order valence-electron chi connectivity index (χ0n) is 18.6. The Morgan fingerprint density at radius 2 is 1.55 bits per heavy atom. The number of hydrogen-bond acceptors (Lipinski definition) is 4. The molecule has 1 saturated heterocycles. The van der Waals surface area contributed by atoms with Crippen LogP contribution in [0, 0.1) is 5.92 Å². The Bertz CT molecular complexity index is 1130. The van der Waals surface area contributed by atoms with Crippen LogP contribution in [0.3, 0.4) is 0 Å². The van der Waals surface area contributed by atoms with Crippen LogP contribution in [0.5, 0.6) is 0 Å². The summed E-state index contributed by atoms with van der Waals surface area (Å²) in [6, 6.07) is 23.4. The lowest BCUT2D eigenvalue weighted by atomic mass is 9.96. The number of nitrogens with zero attached hydrogens (tertiary/aromatic N) is 3. The third kappa shape index (κ3) is 5.86. The minimum Gasteiger partial charge on any atom is -0.338 e. The molecule has 0 bridgehead atoms. The van der Waals surface area contributed by atoms with Gasteiger partial charge in [0.05, 0.1) is 0 Å². The van der Waals surface area contributed by atoms with Crippen molar-refractivity contribution in [3.05, 3.63) is 96.3 Å². The van der Waals surface area contributed by atoms with Crippen molar-refractivity contribution >= 4 is 15.9 Å². The van der Waals surface area contributed by atoms with Crippen molar-refractivity contribution in [1.82, 2.24) is 14.2 Å². The van der Waals surface area contributed by atoms with Gasteiger partial charge < -0.3 is 4.90 Å². The van der Waals surface area contributed by atoms with E-state index in [1.807, 2.05) is 53.4 Å². The lowest BCUT2D eigenvalue weighted by molar-refractivity contribution is -0.137. The second-order valence-corrected chi connectivity index (χ2v) is 10.3. The highest BCUT2D eigenvalue weighted by molar-refractivity contribution is 7.89. The van der Waals surface area contributed by atoms with E-state index < -0.39 is 10.0 Å². The van der Waals surface area contributed by atoms with Crippen LogP contribution in [0.1, 0.15) is 24.0 Å². The fraction of sp³-hybridized carbons (Fsp3) is 0.308. The van der Waals surface area contributed by atoms with E-state index >= 15 is 0 Å². The van der Waals surface area contributed by atoms with Crippen LogP contribution in [-0.4, -0.2) is 48.1 Å². The third-order valence-electron chi connectivity index (χ3n) is 6.12. The number of sulfonamides is 1. The minimum absolute atomic E-state index is 0.105. The van der Waals surface area contributed by atoms with Crippen LogP contribution in [0.25, 0.3) is 0 Å². The molecule has 6 nitrogen and oxygen atoms in total. The molecule has 4 rings (SSSR count). The van der Waals surface area contributed by atoms with E-state index in [0.717, 1.165) is 12.0 Å². The van der Waals surface area contributed by atoms with E-state index in [2.05, 4.69) is 17.1 Å². The lowest BCUT2D eigenvalue weighted by Crippen LogP contribution is -2.44. The van der Waals surface area contributed by atoms with E-state index in [9.17, 15) is 13.2 Å². The highest BCUT2D eigenvalue weighted by Gasteiger charge is 2.33. The summed E-state index contributed by atoms with van der Waals surface area (Å²) in [5.74, 6) is -0.0713. The van der Waals surface area contributed by atoms with Gasteiger partial charge in [-0.15, -0.1) is 0 Å². The topological polar surface area (TPSA) is 70.6 Å². The van der Waals surface area contributed by atoms with Gasteiger partial charge in [-0.25, -0.2) is 8.42 Å². The van der Waals surface area contributed by atoms with Crippen molar-refractivity contribution < 1.29 is 13.2 Å². The highest BCUT2D eigenvalue weighted by Crippen LogP contribution is 2.25. The average Bonchev–Trinajstić information content (AvgIpc) is 2.88. The van der Waals surface area contributed by atoms with Gasteiger partial charge in [-0.2, -0.15) is 4.31 Å². The zero-order valence-corrected chi connectivity index (χ0v) is 19.4. The second kappa shape index (κ2) is 10.7. The molecule has 2 aromatic carbocycles. The first-order valence-corrected chi connectivity index (χ1v) is 12.7. The number of carbonyl (C=O) groups is 1. The number of piperidine rings is 1. The van der Waals surface area contributed by atoms with Gasteiger partial charge in [-0.3, -0.25) is 9.78 Å². The minimum atomic E-state index is -3.58. The van der Waals surface area contributed by atoms with Crippen molar-refractivity contribution in [2.45, 2.75) is 30.7 Å². The number of aromatic nitrogens is 1. The maximum absolute atomic E-state index is 13.5. The van der Waals surface area contributed by atoms with E-state index in [1.54, 1.807) is 18.3 Å². The Hall–Kier alpha value is -3.03. The molecule has 0 unspecified atom stereocenters. The molecule has 2 heterocycles. The first-order valence-electron chi connectivity index (χ1n) is 11.3. The fourth-order valence-electron chi connectivity index (χ4n) is 4.23. The largest absolute Gasteiger partial charge is 0.338 e. The Morgan fingerprint density at radius 1 is 0.909 bits per heavy atom. The molecule has 0 spiro atoms. The van der Waals surface area contributed by atoms with Crippen LogP contribution >= 0.6 is 0 Å². The highest BCUT2D eigenvalue weighted by atomic mass is 32.2. The number of benzene rings is 2. The van der Waals surface area contributed by atoms with Crippen molar-refractivity contribution in [3.8, 4) is 0 Å². The van der Waals surface area contributed by atoms with Crippen molar-refractivity contribution in [2.75, 3.05) is 19.6 Å². The van der Waals surface area contributed by atoms with Gasteiger partial charge >= 0.3 is 0 Å². The van der Waals surface area contributed by atoms with Crippen molar-refractivity contribution in [2.24, 2.45) is 5.92 Å². The molecule has 0 radical (unpaired) electrons. The first kappa shape index (κ1) is 23.1. The third-order valence-corrected chi connectivity index (χ3v) is 8.00. The molecule has 0 N–H and O–H groups in total. The molecule has 1 aliphatic heterocycles. The molecular weight excluding hydrogens is 434 g/mol. The summed E-state index contributed by atoms with van der Waals surface area (Å²) in [4.78, 5) is 19.6. The van der Waals surface area contributed by atoms with Gasteiger partial charge in [-0.05, 0) is 42.5 Å². The molecule has 1 fully saturated rings. The Balaban J connectivity index is 1.42. The zero-order chi connectivity index (χ0) is 23.1. The van der Waals surface area contributed by atoms with Gasteiger partial charge in [-0.1, -0.05) is 60.7 Å². The fourth-order valence-corrected chi connectivity index (χ4v) is 5.66. The monoisotopic (exact) mass is 463 g/mol. The number of hydrogen-bond donors (Lipinski definition) is 0.